The van der Waals surface area contributed by atoms with E-state index in [9.17, 15) is 0 Å². The number of aliphatic imine (C=N–C) groups is 1. The third kappa shape index (κ3) is 4.73. The van der Waals surface area contributed by atoms with Gasteiger partial charge < -0.3 is 5.32 Å². The molecule has 0 aliphatic rings. The second kappa shape index (κ2) is 8.02. The van der Waals surface area contributed by atoms with E-state index in [0.717, 1.165) is 17.1 Å². The Morgan fingerprint density at radius 2 is 1.65 bits per heavy atom. The van der Waals surface area contributed by atoms with E-state index >= 15 is 0 Å². The molecule has 0 unspecified atom stereocenters. The molecule has 0 aliphatic carbocycles. The van der Waals surface area contributed by atoms with Crippen LogP contribution >= 0.6 is 11.8 Å². The zero-order chi connectivity index (χ0) is 16.8. The zero-order valence-corrected chi connectivity index (χ0v) is 15.3. The maximum Gasteiger partial charge on any atom is 0.0768 e. The van der Waals surface area contributed by atoms with Gasteiger partial charge in [-0.2, -0.15) is 0 Å². The van der Waals surface area contributed by atoms with Gasteiger partial charge in [0.1, 0.15) is 0 Å². The lowest BCUT2D eigenvalue weighted by molar-refractivity contribution is 1.30. The largest absolute Gasteiger partial charge is 0.359 e. The van der Waals surface area contributed by atoms with Crippen molar-refractivity contribution in [3.05, 3.63) is 65.4 Å². The average Bonchev–Trinajstić information content (AvgIpc) is 2.51. The Balaban J connectivity index is 2.21. The maximum atomic E-state index is 4.74. The van der Waals surface area contributed by atoms with Crippen LogP contribution < -0.4 is 5.32 Å². The van der Waals surface area contributed by atoms with E-state index in [-0.39, 0.29) is 0 Å². The highest BCUT2D eigenvalue weighted by molar-refractivity contribution is 7.98. The highest BCUT2D eigenvalue weighted by atomic mass is 32.2. The summed E-state index contributed by atoms with van der Waals surface area (Å²) in [6.07, 6.45) is 4.16. The number of aryl methyl sites for hydroxylation is 2. The van der Waals surface area contributed by atoms with Crippen molar-refractivity contribution in [2.45, 2.75) is 32.6 Å². The molecule has 2 rings (SSSR count). The van der Waals surface area contributed by atoms with Gasteiger partial charge in [-0.1, -0.05) is 30.3 Å². The van der Waals surface area contributed by atoms with Crippen LogP contribution in [0.5, 0.6) is 0 Å². The molecule has 0 spiro atoms. The SMILES string of the molecule is CSc1ccccc1/N=C(C)/C=C(/C)Nc1c(C)cccc1C. The standard InChI is InChI=1S/C20H24N2S/c1-14-9-8-10-15(2)20(14)22-17(4)13-16(3)21-18-11-6-7-12-19(18)23-5/h6-13,22H,1-5H3/b17-13-,21-16+. The Morgan fingerprint density at radius 3 is 2.30 bits per heavy atom. The molecule has 0 bridgehead atoms. The van der Waals surface area contributed by atoms with Gasteiger partial charge in [0.25, 0.3) is 0 Å². The van der Waals surface area contributed by atoms with E-state index < -0.39 is 0 Å². The number of thioether (sulfide) groups is 1. The molecule has 2 aromatic rings. The first-order chi connectivity index (χ1) is 11.0. The monoisotopic (exact) mass is 324 g/mol. The van der Waals surface area contributed by atoms with E-state index in [0.29, 0.717) is 0 Å². The number of nitrogens with zero attached hydrogens (tertiary/aromatic N) is 1. The van der Waals surface area contributed by atoms with Crippen LogP contribution in [0.15, 0.2) is 64.1 Å². The second-order valence-electron chi connectivity index (χ2n) is 5.64. The minimum absolute atomic E-state index is 0.989. The number of anilines is 1. The molecule has 0 saturated carbocycles. The number of nitrogens with one attached hydrogen (secondary N) is 1. The van der Waals surface area contributed by atoms with Gasteiger partial charge in [0.2, 0.25) is 0 Å². The summed E-state index contributed by atoms with van der Waals surface area (Å²) in [5.41, 5.74) is 6.78. The van der Waals surface area contributed by atoms with Crippen LogP contribution in [0.25, 0.3) is 0 Å². The minimum atomic E-state index is 0.989. The normalized spacial score (nSPS) is 12.4. The first kappa shape index (κ1) is 17.4. The van der Waals surface area contributed by atoms with Crippen LogP contribution in [0.3, 0.4) is 0 Å². The highest BCUT2D eigenvalue weighted by Gasteiger charge is 2.03. The van der Waals surface area contributed by atoms with E-state index in [1.807, 2.05) is 19.1 Å². The number of hydrogen-bond donors (Lipinski definition) is 1. The van der Waals surface area contributed by atoms with Crippen LogP contribution in [0.2, 0.25) is 0 Å². The van der Waals surface area contributed by atoms with Gasteiger partial charge in [0, 0.05) is 22.0 Å². The van der Waals surface area contributed by atoms with Crippen LogP contribution in [0.1, 0.15) is 25.0 Å². The van der Waals surface area contributed by atoms with Crippen molar-refractivity contribution in [1.82, 2.24) is 0 Å². The lowest BCUT2D eigenvalue weighted by atomic mass is 10.1. The Labute approximate surface area is 143 Å². The Hall–Kier alpha value is -2.00. The quantitative estimate of drug-likeness (QED) is 0.528. The molecular weight excluding hydrogens is 300 g/mol. The number of para-hydroxylation sites is 2. The van der Waals surface area contributed by atoms with Crippen molar-refractivity contribution in [1.29, 1.82) is 0 Å². The number of rotatable bonds is 5. The highest BCUT2D eigenvalue weighted by Crippen LogP contribution is 2.27. The first-order valence-electron chi connectivity index (χ1n) is 7.71. The van der Waals surface area contributed by atoms with Crippen molar-refractivity contribution in [3.8, 4) is 0 Å². The van der Waals surface area contributed by atoms with Gasteiger partial charge >= 0.3 is 0 Å². The zero-order valence-electron chi connectivity index (χ0n) is 14.5. The fourth-order valence-electron chi connectivity index (χ4n) is 2.50. The van der Waals surface area contributed by atoms with Gasteiger partial charge in [-0.3, -0.25) is 4.99 Å². The van der Waals surface area contributed by atoms with Crippen LogP contribution in [0, 0.1) is 13.8 Å². The molecule has 2 aromatic carbocycles. The van der Waals surface area contributed by atoms with Crippen molar-refractivity contribution >= 4 is 28.8 Å². The minimum Gasteiger partial charge on any atom is -0.359 e. The van der Waals surface area contributed by atoms with Gasteiger partial charge in [0.15, 0.2) is 0 Å². The van der Waals surface area contributed by atoms with Gasteiger partial charge in [-0.25, -0.2) is 0 Å². The lowest BCUT2D eigenvalue weighted by Crippen LogP contribution is -2.02. The van der Waals surface area contributed by atoms with Crippen molar-refractivity contribution in [3.63, 3.8) is 0 Å². The topological polar surface area (TPSA) is 24.4 Å². The third-order valence-electron chi connectivity index (χ3n) is 3.61. The second-order valence-corrected chi connectivity index (χ2v) is 6.49. The van der Waals surface area contributed by atoms with E-state index in [1.165, 1.54) is 21.7 Å². The fraction of sp³-hybridized carbons (Fsp3) is 0.250. The van der Waals surface area contributed by atoms with E-state index in [1.54, 1.807) is 11.8 Å². The molecule has 0 amide bonds. The fourth-order valence-corrected chi connectivity index (χ4v) is 3.04. The molecule has 23 heavy (non-hydrogen) atoms. The number of allylic oxidation sites excluding steroid dienone is 2. The van der Waals surface area contributed by atoms with Gasteiger partial charge in [0.05, 0.1) is 5.69 Å². The summed E-state index contributed by atoms with van der Waals surface area (Å²) in [4.78, 5) is 5.93. The molecule has 0 aromatic heterocycles. The molecule has 3 heteroatoms. The summed E-state index contributed by atoms with van der Waals surface area (Å²) in [6.45, 7) is 8.36. The molecule has 0 fully saturated rings. The summed E-state index contributed by atoms with van der Waals surface area (Å²) in [6, 6.07) is 14.6. The van der Waals surface area contributed by atoms with Crippen molar-refractivity contribution in [2.75, 3.05) is 11.6 Å². The third-order valence-corrected chi connectivity index (χ3v) is 4.40. The molecule has 0 aliphatic heterocycles. The predicted molar refractivity (Wildman–Crippen MR) is 104 cm³/mol. The van der Waals surface area contributed by atoms with Crippen LogP contribution in [-0.4, -0.2) is 12.0 Å². The molecule has 120 valence electrons. The van der Waals surface area contributed by atoms with Crippen LogP contribution in [0.4, 0.5) is 11.4 Å². The molecule has 0 saturated heterocycles. The Morgan fingerprint density at radius 1 is 1.00 bits per heavy atom. The predicted octanol–water partition coefficient (Wildman–Crippen LogP) is 6.13. The molecule has 2 nitrogen and oxygen atoms in total. The molecule has 0 atom stereocenters. The van der Waals surface area contributed by atoms with E-state index in [2.05, 4.69) is 68.8 Å². The van der Waals surface area contributed by atoms with Gasteiger partial charge in [-0.15, -0.1) is 11.8 Å². The molecular formula is C20H24N2S. The maximum absolute atomic E-state index is 4.74. The average molecular weight is 324 g/mol. The first-order valence-corrected chi connectivity index (χ1v) is 8.93. The lowest BCUT2D eigenvalue weighted by Gasteiger charge is -2.13. The van der Waals surface area contributed by atoms with Crippen LogP contribution in [-0.2, 0) is 0 Å². The summed E-state index contributed by atoms with van der Waals surface area (Å²) in [7, 11) is 0. The summed E-state index contributed by atoms with van der Waals surface area (Å²) < 4.78 is 0. The summed E-state index contributed by atoms with van der Waals surface area (Å²) >= 11 is 1.72. The Bertz CT molecular complexity index is 725. The van der Waals surface area contributed by atoms with E-state index in [4.69, 9.17) is 4.99 Å². The molecule has 1 N–H and O–H groups in total. The van der Waals surface area contributed by atoms with Crippen molar-refractivity contribution in [2.24, 2.45) is 4.99 Å². The molecule has 0 heterocycles. The number of benzene rings is 2. The smallest absolute Gasteiger partial charge is 0.0768 e. The Kier molecular flexibility index (Phi) is 6.05. The van der Waals surface area contributed by atoms with Gasteiger partial charge in [-0.05, 0) is 63.3 Å². The van der Waals surface area contributed by atoms with Crippen molar-refractivity contribution < 1.29 is 0 Å². The summed E-state index contributed by atoms with van der Waals surface area (Å²) in [5, 5.41) is 3.50. The summed E-state index contributed by atoms with van der Waals surface area (Å²) in [5.74, 6) is 0. The molecule has 0 radical (unpaired) electrons. The number of hydrogen-bond acceptors (Lipinski definition) is 3.